The molecule has 0 atom stereocenters. The highest BCUT2D eigenvalue weighted by Gasteiger charge is 2.39. The maximum atomic E-state index is 12.7. The standard InChI is InChI=1S/C21H24ClN3O2S/c22-17-6-4-16(5-7-17)21(8-2-9-21)23-15-19(26)24-10-12-25(13-11-24)20(27)18-3-1-14-28-18/h1,3-7,14,23H,2,8-13,15H2. The van der Waals surface area contributed by atoms with Crippen LogP contribution < -0.4 is 5.32 Å². The van der Waals surface area contributed by atoms with Crippen molar-refractivity contribution in [2.75, 3.05) is 32.7 Å². The Bertz CT molecular complexity index is 826. The largest absolute Gasteiger partial charge is 0.338 e. The molecule has 1 aromatic heterocycles. The topological polar surface area (TPSA) is 52.7 Å². The lowest BCUT2D eigenvalue weighted by Gasteiger charge is -2.44. The van der Waals surface area contributed by atoms with Crippen molar-refractivity contribution in [3.05, 3.63) is 57.2 Å². The van der Waals surface area contributed by atoms with Gasteiger partial charge in [0.05, 0.1) is 11.4 Å². The summed E-state index contributed by atoms with van der Waals surface area (Å²) in [5.41, 5.74) is 1.08. The number of halogens is 1. The quantitative estimate of drug-likeness (QED) is 0.811. The van der Waals surface area contributed by atoms with E-state index < -0.39 is 0 Å². The first kappa shape index (κ1) is 19.4. The highest BCUT2D eigenvalue weighted by molar-refractivity contribution is 7.12. The lowest BCUT2D eigenvalue weighted by atomic mass is 9.72. The molecule has 1 aromatic carbocycles. The number of piperazine rings is 1. The Kier molecular flexibility index (Phi) is 5.71. The average molecular weight is 418 g/mol. The fourth-order valence-corrected chi connectivity index (χ4v) is 4.76. The number of nitrogens with one attached hydrogen (secondary N) is 1. The molecule has 4 rings (SSSR count). The van der Waals surface area contributed by atoms with E-state index in [1.165, 1.54) is 16.9 Å². The molecule has 1 N–H and O–H groups in total. The molecule has 1 saturated carbocycles. The minimum Gasteiger partial charge on any atom is -0.338 e. The fourth-order valence-electron chi connectivity index (χ4n) is 3.94. The molecule has 148 valence electrons. The predicted molar refractivity (Wildman–Crippen MR) is 112 cm³/mol. The number of benzene rings is 1. The maximum Gasteiger partial charge on any atom is 0.264 e. The number of amides is 2. The van der Waals surface area contributed by atoms with Crippen molar-refractivity contribution in [3.8, 4) is 0 Å². The summed E-state index contributed by atoms with van der Waals surface area (Å²) in [5.74, 6) is 0.167. The highest BCUT2D eigenvalue weighted by Crippen LogP contribution is 2.41. The molecule has 0 radical (unpaired) electrons. The summed E-state index contributed by atoms with van der Waals surface area (Å²) in [5, 5.41) is 6.15. The van der Waals surface area contributed by atoms with Crippen molar-refractivity contribution in [1.29, 1.82) is 0 Å². The monoisotopic (exact) mass is 417 g/mol. The molecule has 1 saturated heterocycles. The second-order valence-electron chi connectivity index (χ2n) is 7.45. The Morgan fingerprint density at radius 1 is 1.04 bits per heavy atom. The van der Waals surface area contributed by atoms with E-state index in [0.29, 0.717) is 32.7 Å². The van der Waals surface area contributed by atoms with Crippen molar-refractivity contribution in [3.63, 3.8) is 0 Å². The fraction of sp³-hybridized carbons (Fsp3) is 0.429. The van der Waals surface area contributed by atoms with E-state index in [2.05, 4.69) is 5.32 Å². The number of hydrogen-bond donors (Lipinski definition) is 1. The van der Waals surface area contributed by atoms with Crippen LogP contribution in [0.3, 0.4) is 0 Å². The van der Waals surface area contributed by atoms with Gasteiger partial charge in [-0.3, -0.25) is 14.9 Å². The summed E-state index contributed by atoms with van der Waals surface area (Å²) in [7, 11) is 0. The molecule has 5 nitrogen and oxygen atoms in total. The van der Waals surface area contributed by atoms with Gasteiger partial charge >= 0.3 is 0 Å². The van der Waals surface area contributed by atoms with Crippen LogP contribution in [0.4, 0.5) is 0 Å². The second kappa shape index (κ2) is 8.23. The number of carbonyl (C=O) groups is 2. The van der Waals surface area contributed by atoms with Crippen molar-refractivity contribution < 1.29 is 9.59 Å². The van der Waals surface area contributed by atoms with E-state index in [9.17, 15) is 9.59 Å². The molecule has 0 spiro atoms. The van der Waals surface area contributed by atoms with Gasteiger partial charge in [-0.1, -0.05) is 29.8 Å². The molecule has 1 aliphatic heterocycles. The van der Waals surface area contributed by atoms with Crippen LogP contribution >= 0.6 is 22.9 Å². The van der Waals surface area contributed by atoms with Gasteiger partial charge in [0.2, 0.25) is 5.91 Å². The zero-order valence-corrected chi connectivity index (χ0v) is 17.3. The minimum absolute atomic E-state index is 0.0661. The number of thiophene rings is 1. The van der Waals surface area contributed by atoms with Crippen LogP contribution in [0.25, 0.3) is 0 Å². The van der Waals surface area contributed by atoms with Gasteiger partial charge in [-0.2, -0.15) is 0 Å². The van der Waals surface area contributed by atoms with E-state index in [-0.39, 0.29) is 17.4 Å². The van der Waals surface area contributed by atoms with Crippen LogP contribution in [0.5, 0.6) is 0 Å². The molecular weight excluding hydrogens is 394 g/mol. The van der Waals surface area contributed by atoms with Gasteiger partial charge in [-0.05, 0) is 48.4 Å². The SMILES string of the molecule is O=C(CNC1(c2ccc(Cl)cc2)CCC1)N1CCN(C(=O)c2cccs2)CC1. The van der Waals surface area contributed by atoms with Crippen LogP contribution in [-0.4, -0.2) is 54.3 Å². The molecule has 7 heteroatoms. The van der Waals surface area contributed by atoms with E-state index >= 15 is 0 Å². The van der Waals surface area contributed by atoms with Crippen LogP contribution in [0.15, 0.2) is 41.8 Å². The normalized spacial score (nSPS) is 18.6. The summed E-state index contributed by atoms with van der Waals surface area (Å²) in [6, 6.07) is 11.7. The zero-order valence-electron chi connectivity index (χ0n) is 15.7. The van der Waals surface area contributed by atoms with E-state index in [4.69, 9.17) is 11.6 Å². The lowest BCUT2D eigenvalue weighted by Crippen LogP contribution is -2.55. The van der Waals surface area contributed by atoms with Crippen molar-refractivity contribution in [2.45, 2.75) is 24.8 Å². The van der Waals surface area contributed by atoms with E-state index in [1.54, 1.807) is 0 Å². The van der Waals surface area contributed by atoms with Gasteiger partial charge in [-0.15, -0.1) is 11.3 Å². The molecule has 2 amide bonds. The summed E-state index contributed by atoms with van der Waals surface area (Å²) in [4.78, 5) is 29.6. The molecule has 28 heavy (non-hydrogen) atoms. The van der Waals surface area contributed by atoms with Crippen LogP contribution in [0.1, 0.15) is 34.5 Å². The zero-order chi connectivity index (χ0) is 19.6. The average Bonchev–Trinajstić information content (AvgIpc) is 3.22. The summed E-state index contributed by atoms with van der Waals surface area (Å²) >= 11 is 7.47. The first-order chi connectivity index (χ1) is 13.6. The maximum absolute atomic E-state index is 12.7. The molecule has 0 unspecified atom stereocenters. The molecule has 2 fully saturated rings. The lowest BCUT2D eigenvalue weighted by molar-refractivity contribution is -0.132. The van der Waals surface area contributed by atoms with Gasteiger partial charge < -0.3 is 9.80 Å². The van der Waals surface area contributed by atoms with Crippen LogP contribution in [-0.2, 0) is 10.3 Å². The predicted octanol–water partition coefficient (Wildman–Crippen LogP) is 3.35. The van der Waals surface area contributed by atoms with Gasteiger partial charge in [0.1, 0.15) is 0 Å². The molecule has 0 bridgehead atoms. The first-order valence-electron chi connectivity index (χ1n) is 9.69. The summed E-state index contributed by atoms with van der Waals surface area (Å²) < 4.78 is 0. The summed E-state index contributed by atoms with van der Waals surface area (Å²) in [6.45, 7) is 2.67. The Morgan fingerprint density at radius 3 is 2.29 bits per heavy atom. The number of rotatable bonds is 5. The molecule has 2 aliphatic rings. The highest BCUT2D eigenvalue weighted by atomic mass is 35.5. The second-order valence-corrected chi connectivity index (χ2v) is 8.83. The smallest absolute Gasteiger partial charge is 0.264 e. The van der Waals surface area contributed by atoms with Gasteiger partial charge in [0, 0.05) is 36.7 Å². The van der Waals surface area contributed by atoms with Gasteiger partial charge in [0.25, 0.3) is 5.91 Å². The number of nitrogens with zero attached hydrogens (tertiary/aromatic N) is 2. The third-order valence-electron chi connectivity index (χ3n) is 5.83. The van der Waals surface area contributed by atoms with Crippen molar-refractivity contribution in [2.24, 2.45) is 0 Å². The molecule has 1 aliphatic carbocycles. The Labute approximate surface area is 174 Å². The first-order valence-corrected chi connectivity index (χ1v) is 10.9. The number of carbonyl (C=O) groups excluding carboxylic acids is 2. The Balaban J connectivity index is 1.30. The van der Waals surface area contributed by atoms with Gasteiger partial charge in [0.15, 0.2) is 0 Å². The third-order valence-corrected chi connectivity index (χ3v) is 6.94. The molecule has 2 aromatic rings. The van der Waals surface area contributed by atoms with Crippen LogP contribution in [0.2, 0.25) is 5.02 Å². The van der Waals surface area contributed by atoms with Crippen molar-refractivity contribution >= 4 is 34.8 Å². The summed E-state index contributed by atoms with van der Waals surface area (Å²) in [6.07, 6.45) is 3.23. The Morgan fingerprint density at radius 2 is 1.71 bits per heavy atom. The van der Waals surface area contributed by atoms with Crippen LogP contribution in [0, 0.1) is 0 Å². The van der Waals surface area contributed by atoms with E-state index in [1.807, 2.05) is 51.6 Å². The number of hydrogen-bond acceptors (Lipinski definition) is 4. The molecular formula is C21H24ClN3O2S. The van der Waals surface area contributed by atoms with E-state index in [0.717, 1.165) is 29.2 Å². The minimum atomic E-state index is -0.114. The van der Waals surface area contributed by atoms with Gasteiger partial charge in [-0.25, -0.2) is 0 Å². The Hall–Kier alpha value is -1.89. The van der Waals surface area contributed by atoms with Crippen molar-refractivity contribution in [1.82, 2.24) is 15.1 Å². The molecule has 2 heterocycles. The third kappa shape index (κ3) is 3.95.